The lowest BCUT2D eigenvalue weighted by atomic mass is 9.86. The molecule has 1 aliphatic heterocycles. The first kappa shape index (κ1) is 14.5. The normalized spacial score (nSPS) is 29.7. The highest BCUT2D eigenvalue weighted by molar-refractivity contribution is 5.82. The van der Waals surface area contributed by atoms with Crippen molar-refractivity contribution in [3.05, 3.63) is 0 Å². The third kappa shape index (κ3) is 3.42. The minimum absolute atomic E-state index is 0.115. The van der Waals surface area contributed by atoms with Crippen LogP contribution in [-0.2, 0) is 4.79 Å². The van der Waals surface area contributed by atoms with Crippen molar-refractivity contribution in [2.45, 2.75) is 52.1 Å². The van der Waals surface area contributed by atoms with Gasteiger partial charge in [-0.25, -0.2) is 0 Å². The molecule has 0 bridgehead atoms. The van der Waals surface area contributed by atoms with E-state index in [1.807, 2.05) is 13.8 Å². The van der Waals surface area contributed by atoms with Crippen molar-refractivity contribution < 1.29 is 4.79 Å². The molecule has 0 radical (unpaired) electrons. The molecule has 100 valence electrons. The van der Waals surface area contributed by atoms with Crippen molar-refractivity contribution in [1.29, 1.82) is 0 Å². The van der Waals surface area contributed by atoms with Gasteiger partial charge in [0.25, 0.3) is 0 Å². The Hall–Kier alpha value is -0.610. The first-order valence-electron chi connectivity index (χ1n) is 6.64. The van der Waals surface area contributed by atoms with Gasteiger partial charge in [-0.3, -0.25) is 4.79 Å². The summed E-state index contributed by atoms with van der Waals surface area (Å²) in [5, 5.41) is 3.17. The molecule has 1 rings (SSSR count). The molecule has 1 amide bonds. The van der Waals surface area contributed by atoms with Crippen molar-refractivity contribution in [1.82, 2.24) is 10.2 Å². The lowest BCUT2D eigenvalue weighted by Gasteiger charge is -2.37. The number of hydrogen-bond acceptors (Lipinski definition) is 3. The molecule has 1 saturated heterocycles. The summed E-state index contributed by atoms with van der Waals surface area (Å²) in [5.41, 5.74) is 5.29. The predicted molar refractivity (Wildman–Crippen MR) is 70.7 cm³/mol. The number of likely N-dealkylation sites (tertiary alicyclic amines) is 1. The van der Waals surface area contributed by atoms with Crippen LogP contribution in [0.25, 0.3) is 0 Å². The molecule has 3 N–H and O–H groups in total. The largest absolute Gasteiger partial charge is 0.353 e. The topological polar surface area (TPSA) is 58.4 Å². The molecule has 0 saturated carbocycles. The van der Waals surface area contributed by atoms with Crippen molar-refractivity contribution in [2.75, 3.05) is 20.1 Å². The second-order valence-electron chi connectivity index (χ2n) is 5.64. The maximum atomic E-state index is 12.2. The monoisotopic (exact) mass is 241 g/mol. The van der Waals surface area contributed by atoms with E-state index < -0.39 is 5.41 Å². The van der Waals surface area contributed by atoms with Crippen molar-refractivity contribution in [3.8, 4) is 0 Å². The summed E-state index contributed by atoms with van der Waals surface area (Å²) in [6, 6.07) is 0.853. The van der Waals surface area contributed by atoms with Gasteiger partial charge in [0, 0.05) is 25.2 Å². The van der Waals surface area contributed by atoms with Crippen LogP contribution in [0.1, 0.15) is 40.0 Å². The van der Waals surface area contributed by atoms with Gasteiger partial charge in [0.2, 0.25) is 5.91 Å². The van der Waals surface area contributed by atoms with Gasteiger partial charge in [-0.2, -0.15) is 0 Å². The van der Waals surface area contributed by atoms with Crippen LogP contribution in [0.5, 0.6) is 0 Å². The molecule has 0 aromatic rings. The number of nitrogens with one attached hydrogen (secondary N) is 1. The Balaban J connectivity index is 2.52. The Morgan fingerprint density at radius 1 is 1.59 bits per heavy atom. The molecular formula is C13H27N3O. The van der Waals surface area contributed by atoms with E-state index in [2.05, 4.69) is 24.2 Å². The predicted octanol–water partition coefficient (Wildman–Crippen LogP) is 0.960. The van der Waals surface area contributed by atoms with Crippen LogP contribution in [0.4, 0.5) is 0 Å². The van der Waals surface area contributed by atoms with E-state index in [4.69, 9.17) is 5.73 Å². The first-order valence-corrected chi connectivity index (χ1v) is 6.64. The van der Waals surface area contributed by atoms with E-state index in [-0.39, 0.29) is 5.91 Å². The number of nitrogens with two attached hydrogens (primary N) is 1. The molecule has 17 heavy (non-hydrogen) atoms. The van der Waals surface area contributed by atoms with E-state index in [0.29, 0.717) is 18.6 Å². The third-order valence-corrected chi connectivity index (χ3v) is 4.32. The lowest BCUT2D eigenvalue weighted by molar-refractivity contribution is -0.131. The smallest absolute Gasteiger partial charge is 0.227 e. The molecule has 4 heteroatoms. The number of carbonyl (C=O) groups excluding carboxylic acids is 1. The van der Waals surface area contributed by atoms with Gasteiger partial charge in [0.1, 0.15) is 0 Å². The summed E-state index contributed by atoms with van der Waals surface area (Å²) in [4.78, 5) is 14.5. The number of hydrogen-bond donors (Lipinski definition) is 2. The molecule has 1 fully saturated rings. The number of rotatable bonds is 4. The quantitative estimate of drug-likeness (QED) is 0.771. The second-order valence-corrected chi connectivity index (χ2v) is 5.64. The highest BCUT2D eigenvalue weighted by atomic mass is 16.2. The summed E-state index contributed by atoms with van der Waals surface area (Å²) in [5.74, 6) is 0.115. The SMILES string of the molecule is CCC(C)(CN)C(=O)NC1CCN(C)C(C)C1. The van der Waals surface area contributed by atoms with Crippen LogP contribution < -0.4 is 11.1 Å². The highest BCUT2D eigenvalue weighted by Gasteiger charge is 2.32. The lowest BCUT2D eigenvalue weighted by Crippen LogP contribution is -2.52. The van der Waals surface area contributed by atoms with Crippen LogP contribution in [0.15, 0.2) is 0 Å². The fraction of sp³-hybridized carbons (Fsp3) is 0.923. The molecule has 4 nitrogen and oxygen atoms in total. The maximum Gasteiger partial charge on any atom is 0.227 e. The zero-order valence-electron chi connectivity index (χ0n) is 11.6. The van der Waals surface area contributed by atoms with Gasteiger partial charge >= 0.3 is 0 Å². The zero-order chi connectivity index (χ0) is 13.1. The molecule has 0 aliphatic carbocycles. The average Bonchev–Trinajstić information content (AvgIpc) is 2.32. The summed E-state index contributed by atoms with van der Waals surface area (Å²) < 4.78 is 0. The highest BCUT2D eigenvalue weighted by Crippen LogP contribution is 2.21. The van der Waals surface area contributed by atoms with Crippen LogP contribution in [0.2, 0.25) is 0 Å². The van der Waals surface area contributed by atoms with E-state index in [9.17, 15) is 4.79 Å². The fourth-order valence-electron chi connectivity index (χ4n) is 2.18. The molecule has 0 aromatic heterocycles. The van der Waals surface area contributed by atoms with E-state index >= 15 is 0 Å². The fourth-order valence-corrected chi connectivity index (χ4v) is 2.18. The first-order chi connectivity index (χ1) is 7.92. The van der Waals surface area contributed by atoms with E-state index in [0.717, 1.165) is 25.8 Å². The van der Waals surface area contributed by atoms with Crippen LogP contribution in [0, 0.1) is 5.41 Å². The summed E-state index contributed by atoms with van der Waals surface area (Å²) >= 11 is 0. The van der Waals surface area contributed by atoms with Crippen LogP contribution in [-0.4, -0.2) is 43.0 Å². The minimum atomic E-state index is -0.410. The average molecular weight is 241 g/mol. The maximum absolute atomic E-state index is 12.2. The van der Waals surface area contributed by atoms with Gasteiger partial charge in [-0.15, -0.1) is 0 Å². The molecule has 1 heterocycles. The Morgan fingerprint density at radius 2 is 2.24 bits per heavy atom. The van der Waals surface area contributed by atoms with Crippen LogP contribution >= 0.6 is 0 Å². The van der Waals surface area contributed by atoms with Gasteiger partial charge in [-0.05, 0) is 40.2 Å². The Morgan fingerprint density at radius 3 is 2.71 bits per heavy atom. The summed E-state index contributed by atoms with van der Waals surface area (Å²) in [6.45, 7) is 7.64. The van der Waals surface area contributed by atoms with Crippen molar-refractivity contribution in [3.63, 3.8) is 0 Å². The molecule has 3 unspecified atom stereocenters. The van der Waals surface area contributed by atoms with E-state index in [1.54, 1.807) is 0 Å². The van der Waals surface area contributed by atoms with Gasteiger partial charge < -0.3 is 16.0 Å². The zero-order valence-corrected chi connectivity index (χ0v) is 11.6. The number of piperidine rings is 1. The van der Waals surface area contributed by atoms with Gasteiger partial charge in [0.05, 0.1) is 5.41 Å². The summed E-state index contributed by atoms with van der Waals surface area (Å²) in [6.07, 6.45) is 2.86. The number of nitrogens with zero attached hydrogens (tertiary/aromatic N) is 1. The van der Waals surface area contributed by atoms with E-state index in [1.165, 1.54) is 0 Å². The number of carbonyl (C=O) groups is 1. The Kier molecular flexibility index (Phi) is 4.95. The van der Waals surface area contributed by atoms with Crippen molar-refractivity contribution >= 4 is 5.91 Å². The molecular weight excluding hydrogens is 214 g/mol. The third-order valence-electron chi connectivity index (χ3n) is 4.32. The molecule has 3 atom stereocenters. The molecule has 0 aromatic carbocycles. The molecule has 1 aliphatic rings. The number of amides is 1. The standard InChI is InChI=1S/C13H27N3O/c1-5-13(3,9-14)12(17)15-11-6-7-16(4)10(2)8-11/h10-11H,5-9,14H2,1-4H3,(H,15,17). The second kappa shape index (κ2) is 5.83. The Labute approximate surface area is 105 Å². The van der Waals surface area contributed by atoms with Gasteiger partial charge in [0.15, 0.2) is 0 Å². The van der Waals surface area contributed by atoms with Crippen LogP contribution in [0.3, 0.4) is 0 Å². The molecule has 0 spiro atoms. The van der Waals surface area contributed by atoms with Gasteiger partial charge in [-0.1, -0.05) is 6.92 Å². The van der Waals surface area contributed by atoms with Crippen molar-refractivity contribution in [2.24, 2.45) is 11.1 Å². The summed E-state index contributed by atoms with van der Waals surface area (Å²) in [7, 11) is 2.14. The minimum Gasteiger partial charge on any atom is -0.353 e. The Bertz CT molecular complexity index is 263.